The molecule has 1 saturated heterocycles. The number of hydrogen-bond donors (Lipinski definition) is 0. The Balaban J connectivity index is 1.87. The maximum atomic E-state index is 12.6. The number of rotatable bonds is 8. The highest BCUT2D eigenvalue weighted by atomic mass is 16.5. The molecule has 1 amide bonds. The van der Waals surface area contributed by atoms with E-state index in [0.717, 1.165) is 44.5 Å². The Morgan fingerprint density at radius 2 is 2.00 bits per heavy atom. The van der Waals surface area contributed by atoms with Crippen molar-refractivity contribution in [1.82, 2.24) is 19.9 Å². The highest BCUT2D eigenvalue weighted by molar-refractivity contribution is 5.79. The molecule has 6 heteroatoms. The van der Waals surface area contributed by atoms with Crippen LogP contribution in [-0.2, 0) is 9.53 Å². The van der Waals surface area contributed by atoms with E-state index in [2.05, 4.69) is 42.9 Å². The number of ether oxygens (including phenoxy) is 1. The molecule has 28 heavy (non-hydrogen) atoms. The summed E-state index contributed by atoms with van der Waals surface area (Å²) in [4.78, 5) is 14.5. The van der Waals surface area contributed by atoms with Crippen molar-refractivity contribution in [3.63, 3.8) is 0 Å². The van der Waals surface area contributed by atoms with Crippen LogP contribution in [0.15, 0.2) is 6.20 Å². The lowest BCUT2D eigenvalue weighted by molar-refractivity contribution is -0.139. The first-order chi connectivity index (χ1) is 13.3. The predicted octanol–water partition coefficient (Wildman–Crippen LogP) is 3.68. The van der Waals surface area contributed by atoms with Gasteiger partial charge >= 0.3 is 0 Å². The second kappa shape index (κ2) is 10.6. The molecule has 1 fully saturated rings. The molecule has 0 N–H and O–H groups in total. The van der Waals surface area contributed by atoms with Crippen LogP contribution < -0.4 is 0 Å². The summed E-state index contributed by atoms with van der Waals surface area (Å²) in [6.45, 7) is 14.0. The molecule has 0 aromatic carbocycles. The highest BCUT2D eigenvalue weighted by Gasteiger charge is 2.35. The zero-order chi connectivity index (χ0) is 20.7. The van der Waals surface area contributed by atoms with Crippen LogP contribution in [0, 0.1) is 23.7 Å². The van der Waals surface area contributed by atoms with Crippen LogP contribution in [0.4, 0.5) is 0 Å². The summed E-state index contributed by atoms with van der Waals surface area (Å²) >= 11 is 0. The Labute approximate surface area is 170 Å². The minimum Gasteiger partial charge on any atom is -0.374 e. The third kappa shape index (κ3) is 6.07. The summed E-state index contributed by atoms with van der Waals surface area (Å²) in [5, 5.41) is 8.39. The first-order valence-corrected chi connectivity index (χ1v) is 10.7. The zero-order valence-corrected chi connectivity index (χ0v) is 18.3. The van der Waals surface area contributed by atoms with Crippen molar-refractivity contribution in [2.45, 2.75) is 85.5 Å². The summed E-state index contributed by atoms with van der Waals surface area (Å²) in [6.07, 6.45) is 5.74. The second-order valence-corrected chi connectivity index (χ2v) is 8.24. The molecule has 2 heterocycles. The number of carbonyl (C=O) groups excluding carboxylic acids is 1. The van der Waals surface area contributed by atoms with Crippen molar-refractivity contribution in [2.75, 3.05) is 13.1 Å². The summed E-state index contributed by atoms with van der Waals surface area (Å²) in [6, 6.07) is 0.186. The molecule has 0 aliphatic carbocycles. The lowest BCUT2D eigenvalue weighted by Crippen LogP contribution is -2.39. The Hall–Kier alpha value is -1.87. The zero-order valence-electron chi connectivity index (χ0n) is 18.3. The first-order valence-electron chi connectivity index (χ1n) is 10.7. The van der Waals surface area contributed by atoms with Gasteiger partial charge in [0.2, 0.25) is 5.91 Å². The van der Waals surface area contributed by atoms with Gasteiger partial charge in [-0.2, -0.15) is 0 Å². The van der Waals surface area contributed by atoms with Crippen LogP contribution in [0.5, 0.6) is 0 Å². The summed E-state index contributed by atoms with van der Waals surface area (Å²) in [7, 11) is 0. The fourth-order valence-electron chi connectivity index (χ4n) is 3.64. The van der Waals surface area contributed by atoms with Crippen LogP contribution in [0.2, 0.25) is 0 Å². The van der Waals surface area contributed by atoms with Gasteiger partial charge in [0.25, 0.3) is 0 Å². The van der Waals surface area contributed by atoms with Crippen molar-refractivity contribution < 1.29 is 9.53 Å². The number of amides is 1. The molecule has 0 radical (unpaired) electrons. The van der Waals surface area contributed by atoms with Crippen LogP contribution in [0.3, 0.4) is 0 Å². The van der Waals surface area contributed by atoms with E-state index in [1.165, 1.54) is 0 Å². The largest absolute Gasteiger partial charge is 0.374 e. The van der Waals surface area contributed by atoms with Gasteiger partial charge in [-0.25, -0.2) is 4.68 Å². The molecule has 1 aliphatic heterocycles. The van der Waals surface area contributed by atoms with Gasteiger partial charge in [0.05, 0.1) is 30.4 Å². The Morgan fingerprint density at radius 1 is 1.29 bits per heavy atom. The fraction of sp³-hybridized carbons (Fsp3) is 0.773. The quantitative estimate of drug-likeness (QED) is 0.638. The topological polar surface area (TPSA) is 60.2 Å². The molecule has 0 saturated carbocycles. The normalized spacial score (nSPS) is 21.2. The van der Waals surface area contributed by atoms with Gasteiger partial charge in [0, 0.05) is 19.5 Å². The van der Waals surface area contributed by atoms with Gasteiger partial charge in [-0.05, 0) is 51.9 Å². The SMILES string of the molecule is CCN(CC)C(=O)[C@H](C)[C@H]1CC[C@@H](C[C@@H](C)n2cc(C#CCC(C)C)nn2)O1. The smallest absolute Gasteiger partial charge is 0.228 e. The molecule has 2 rings (SSSR count). The number of aromatic nitrogens is 3. The summed E-state index contributed by atoms with van der Waals surface area (Å²) in [5.41, 5.74) is 0.719. The molecule has 156 valence electrons. The predicted molar refractivity (Wildman–Crippen MR) is 111 cm³/mol. The molecule has 1 aromatic rings. The molecule has 1 aromatic heterocycles. The number of hydrogen-bond acceptors (Lipinski definition) is 4. The van der Waals surface area contributed by atoms with E-state index in [4.69, 9.17) is 4.74 Å². The average molecular weight is 389 g/mol. The molecule has 6 nitrogen and oxygen atoms in total. The molecule has 0 unspecified atom stereocenters. The Kier molecular flexibility index (Phi) is 8.50. The van der Waals surface area contributed by atoms with E-state index in [9.17, 15) is 4.79 Å². The molecular weight excluding hydrogens is 352 g/mol. The second-order valence-electron chi connectivity index (χ2n) is 8.24. The maximum Gasteiger partial charge on any atom is 0.228 e. The molecule has 0 bridgehead atoms. The van der Waals surface area contributed by atoms with Crippen LogP contribution >= 0.6 is 0 Å². The van der Waals surface area contributed by atoms with Crippen LogP contribution in [0.1, 0.15) is 79.0 Å². The van der Waals surface area contributed by atoms with Crippen molar-refractivity contribution in [3.05, 3.63) is 11.9 Å². The van der Waals surface area contributed by atoms with Gasteiger partial charge in [0.1, 0.15) is 0 Å². The molecule has 1 aliphatic rings. The van der Waals surface area contributed by atoms with Crippen molar-refractivity contribution in [1.29, 1.82) is 0 Å². The third-order valence-corrected chi connectivity index (χ3v) is 5.46. The van der Waals surface area contributed by atoms with E-state index < -0.39 is 0 Å². The van der Waals surface area contributed by atoms with E-state index in [1.807, 2.05) is 36.5 Å². The van der Waals surface area contributed by atoms with Gasteiger partial charge < -0.3 is 9.64 Å². The first kappa shape index (κ1) is 22.4. The third-order valence-electron chi connectivity index (χ3n) is 5.46. The maximum absolute atomic E-state index is 12.6. The standard InChI is InChI=1S/C22H36N4O2/c1-7-25(8-2)22(27)18(6)21-13-12-20(28-21)14-17(5)26-15-19(23-24-26)11-9-10-16(3)4/h15-18,20-21H,7-8,10,12-14H2,1-6H3/t17-,18-,20+,21-/m1/s1. The van der Waals surface area contributed by atoms with E-state index in [1.54, 1.807) is 0 Å². The van der Waals surface area contributed by atoms with Gasteiger partial charge in [-0.1, -0.05) is 31.9 Å². The monoisotopic (exact) mass is 388 g/mol. The highest BCUT2D eigenvalue weighted by Crippen LogP contribution is 2.31. The lowest BCUT2D eigenvalue weighted by atomic mass is 9.99. The minimum absolute atomic E-state index is 0.0125. The molecule has 0 spiro atoms. The lowest BCUT2D eigenvalue weighted by Gasteiger charge is -2.26. The minimum atomic E-state index is -0.0885. The van der Waals surface area contributed by atoms with E-state index in [-0.39, 0.29) is 30.1 Å². The van der Waals surface area contributed by atoms with E-state index >= 15 is 0 Å². The number of nitrogens with zero attached hydrogens (tertiary/aromatic N) is 4. The van der Waals surface area contributed by atoms with E-state index in [0.29, 0.717) is 5.92 Å². The van der Waals surface area contributed by atoms with Crippen molar-refractivity contribution in [2.24, 2.45) is 11.8 Å². The van der Waals surface area contributed by atoms with Gasteiger partial charge in [-0.3, -0.25) is 4.79 Å². The fourth-order valence-corrected chi connectivity index (χ4v) is 3.64. The van der Waals surface area contributed by atoms with Crippen molar-refractivity contribution >= 4 is 5.91 Å². The Morgan fingerprint density at radius 3 is 2.64 bits per heavy atom. The van der Waals surface area contributed by atoms with Crippen molar-refractivity contribution in [3.8, 4) is 11.8 Å². The van der Waals surface area contributed by atoms with Gasteiger partial charge in [0.15, 0.2) is 5.69 Å². The molecular formula is C22H36N4O2. The average Bonchev–Trinajstić information content (AvgIpc) is 3.31. The van der Waals surface area contributed by atoms with Gasteiger partial charge in [-0.15, -0.1) is 5.10 Å². The Bertz CT molecular complexity index is 684. The summed E-state index contributed by atoms with van der Waals surface area (Å²) < 4.78 is 8.11. The molecule has 4 atom stereocenters. The number of carbonyl (C=O) groups is 1. The summed E-state index contributed by atoms with van der Waals surface area (Å²) in [5.74, 6) is 6.90. The van der Waals surface area contributed by atoms with Crippen LogP contribution in [0.25, 0.3) is 0 Å². The van der Waals surface area contributed by atoms with Crippen LogP contribution in [-0.4, -0.2) is 51.1 Å².